The lowest BCUT2D eigenvalue weighted by atomic mass is 9.83. The highest BCUT2D eigenvalue weighted by atomic mass is 16.5. The molecule has 2 heteroatoms. The molecular weight excluding hydrogens is 308 g/mol. The Morgan fingerprint density at radius 2 is 1.80 bits per heavy atom. The maximum absolute atomic E-state index is 11.8. The molecule has 0 bridgehead atoms. The molecular formula is C23H28O2. The van der Waals surface area contributed by atoms with Gasteiger partial charge in [0.1, 0.15) is 5.75 Å². The van der Waals surface area contributed by atoms with E-state index in [-0.39, 0.29) is 5.97 Å². The van der Waals surface area contributed by atoms with Gasteiger partial charge in [0.15, 0.2) is 0 Å². The summed E-state index contributed by atoms with van der Waals surface area (Å²) in [6.45, 7) is 4.46. The summed E-state index contributed by atoms with van der Waals surface area (Å²) >= 11 is 0. The van der Waals surface area contributed by atoms with Gasteiger partial charge in [0.2, 0.25) is 0 Å². The number of ether oxygens (including phenoxy) is 1. The molecule has 25 heavy (non-hydrogen) atoms. The summed E-state index contributed by atoms with van der Waals surface area (Å²) in [5.41, 5.74) is 5.41. The second-order valence-corrected chi connectivity index (χ2v) is 7.29. The molecule has 1 aliphatic rings. The highest BCUT2D eigenvalue weighted by molar-refractivity contribution is 5.73. The minimum absolute atomic E-state index is 0.135. The van der Waals surface area contributed by atoms with E-state index >= 15 is 0 Å². The van der Waals surface area contributed by atoms with Crippen LogP contribution in [0.3, 0.4) is 0 Å². The van der Waals surface area contributed by atoms with Gasteiger partial charge in [-0.15, -0.1) is 0 Å². The molecule has 132 valence electrons. The summed E-state index contributed by atoms with van der Waals surface area (Å²) in [4.78, 5) is 11.8. The zero-order chi connectivity index (χ0) is 17.6. The van der Waals surface area contributed by atoms with Crippen molar-refractivity contribution >= 4 is 5.97 Å². The van der Waals surface area contributed by atoms with E-state index in [0.29, 0.717) is 12.2 Å². The Kier molecular flexibility index (Phi) is 5.91. The van der Waals surface area contributed by atoms with Gasteiger partial charge in [-0.1, -0.05) is 57.0 Å². The predicted molar refractivity (Wildman–Crippen MR) is 103 cm³/mol. The van der Waals surface area contributed by atoms with Crippen LogP contribution in [0.15, 0.2) is 42.5 Å². The van der Waals surface area contributed by atoms with Gasteiger partial charge in [0.05, 0.1) is 0 Å². The van der Waals surface area contributed by atoms with Crippen molar-refractivity contribution in [1.82, 2.24) is 0 Å². The van der Waals surface area contributed by atoms with Crippen molar-refractivity contribution in [2.45, 2.75) is 58.8 Å². The van der Waals surface area contributed by atoms with Gasteiger partial charge in [-0.2, -0.15) is 0 Å². The number of rotatable bonds is 6. The van der Waals surface area contributed by atoms with Crippen LogP contribution in [-0.4, -0.2) is 5.97 Å². The number of fused-ring (bicyclic) bond motifs is 1. The number of benzene rings is 2. The van der Waals surface area contributed by atoms with Crippen molar-refractivity contribution in [3.8, 4) is 16.9 Å². The third-order valence-electron chi connectivity index (χ3n) is 5.08. The Labute approximate surface area is 151 Å². The van der Waals surface area contributed by atoms with Gasteiger partial charge in [-0.05, 0) is 66.0 Å². The van der Waals surface area contributed by atoms with Gasteiger partial charge in [0.25, 0.3) is 0 Å². The molecule has 3 rings (SSSR count). The molecule has 0 saturated heterocycles. The maximum atomic E-state index is 11.8. The number of carbonyl (C=O) groups excluding carboxylic acids is 1. The van der Waals surface area contributed by atoms with Crippen molar-refractivity contribution in [3.63, 3.8) is 0 Å². The second-order valence-electron chi connectivity index (χ2n) is 7.29. The number of unbranched alkanes of at least 4 members (excludes halogenated alkanes) is 2. The Hall–Kier alpha value is -2.09. The van der Waals surface area contributed by atoms with Crippen LogP contribution >= 0.6 is 0 Å². The van der Waals surface area contributed by atoms with Crippen molar-refractivity contribution in [3.05, 3.63) is 53.6 Å². The molecule has 0 spiro atoms. The lowest BCUT2D eigenvalue weighted by Gasteiger charge is -2.22. The predicted octanol–water partition coefficient (Wildman–Crippen LogP) is 5.96. The molecule has 1 atom stereocenters. The zero-order valence-electron chi connectivity index (χ0n) is 15.4. The molecule has 2 aromatic rings. The van der Waals surface area contributed by atoms with Crippen LogP contribution in [0.4, 0.5) is 0 Å². The second kappa shape index (κ2) is 8.33. The highest BCUT2D eigenvalue weighted by Gasteiger charge is 2.15. The Morgan fingerprint density at radius 3 is 2.56 bits per heavy atom. The molecule has 0 aliphatic heterocycles. The van der Waals surface area contributed by atoms with E-state index in [9.17, 15) is 4.79 Å². The highest BCUT2D eigenvalue weighted by Crippen LogP contribution is 2.30. The van der Waals surface area contributed by atoms with E-state index in [2.05, 4.69) is 32.0 Å². The van der Waals surface area contributed by atoms with E-state index in [0.717, 1.165) is 25.2 Å². The quantitative estimate of drug-likeness (QED) is 0.369. The van der Waals surface area contributed by atoms with Gasteiger partial charge < -0.3 is 4.74 Å². The number of esters is 1. The average molecular weight is 336 g/mol. The monoisotopic (exact) mass is 336 g/mol. The summed E-state index contributed by atoms with van der Waals surface area (Å²) in [6, 6.07) is 14.7. The molecule has 0 fully saturated rings. The summed E-state index contributed by atoms with van der Waals surface area (Å²) in [5, 5.41) is 0. The molecule has 1 unspecified atom stereocenters. The molecule has 0 N–H and O–H groups in total. The fourth-order valence-electron chi connectivity index (χ4n) is 3.53. The van der Waals surface area contributed by atoms with E-state index < -0.39 is 0 Å². The number of carbonyl (C=O) groups is 1. The fourth-order valence-corrected chi connectivity index (χ4v) is 3.53. The summed E-state index contributed by atoms with van der Waals surface area (Å²) in [7, 11) is 0. The summed E-state index contributed by atoms with van der Waals surface area (Å²) < 4.78 is 5.42. The van der Waals surface area contributed by atoms with E-state index in [1.807, 2.05) is 24.3 Å². The molecule has 0 radical (unpaired) electrons. The summed E-state index contributed by atoms with van der Waals surface area (Å²) in [6.07, 6.45) is 7.25. The average Bonchev–Trinajstić information content (AvgIpc) is 2.62. The zero-order valence-corrected chi connectivity index (χ0v) is 15.4. The van der Waals surface area contributed by atoms with Gasteiger partial charge in [-0.25, -0.2) is 0 Å². The van der Waals surface area contributed by atoms with Crippen molar-refractivity contribution in [2.24, 2.45) is 5.92 Å². The molecule has 2 nitrogen and oxygen atoms in total. The Morgan fingerprint density at radius 1 is 1.04 bits per heavy atom. The SMILES string of the molecule is CCCCCC(=O)Oc1ccc(-c2ccc3c(c2)CCC(C)C3)cc1. The van der Waals surface area contributed by atoms with E-state index in [4.69, 9.17) is 4.74 Å². The Balaban J connectivity index is 1.65. The first kappa shape index (κ1) is 17.7. The van der Waals surface area contributed by atoms with Crippen molar-refractivity contribution in [2.75, 3.05) is 0 Å². The van der Waals surface area contributed by atoms with Crippen molar-refractivity contribution in [1.29, 1.82) is 0 Å². The topological polar surface area (TPSA) is 26.3 Å². The third kappa shape index (κ3) is 4.72. The van der Waals surface area contributed by atoms with Gasteiger partial charge in [-0.3, -0.25) is 4.79 Å². The number of hydrogen-bond donors (Lipinski definition) is 0. The van der Waals surface area contributed by atoms with Gasteiger partial charge >= 0.3 is 5.97 Å². The van der Waals surface area contributed by atoms with Crippen LogP contribution in [0, 0.1) is 5.92 Å². The first-order valence-corrected chi connectivity index (χ1v) is 9.58. The lowest BCUT2D eigenvalue weighted by Crippen LogP contribution is -2.11. The summed E-state index contributed by atoms with van der Waals surface area (Å²) in [5.74, 6) is 1.30. The minimum atomic E-state index is -0.135. The van der Waals surface area contributed by atoms with Crippen LogP contribution in [0.25, 0.3) is 11.1 Å². The number of aryl methyl sites for hydroxylation is 1. The first-order valence-electron chi connectivity index (χ1n) is 9.58. The smallest absolute Gasteiger partial charge is 0.311 e. The number of hydrogen-bond acceptors (Lipinski definition) is 2. The van der Waals surface area contributed by atoms with E-state index in [1.165, 1.54) is 41.5 Å². The van der Waals surface area contributed by atoms with Crippen LogP contribution in [0.2, 0.25) is 0 Å². The van der Waals surface area contributed by atoms with Crippen molar-refractivity contribution < 1.29 is 9.53 Å². The molecule has 0 heterocycles. The van der Waals surface area contributed by atoms with Crippen LogP contribution < -0.4 is 4.74 Å². The normalized spacial score (nSPS) is 16.3. The van der Waals surface area contributed by atoms with Crippen LogP contribution in [0.5, 0.6) is 5.75 Å². The largest absolute Gasteiger partial charge is 0.427 e. The molecule has 0 amide bonds. The molecule has 2 aromatic carbocycles. The van der Waals surface area contributed by atoms with Crippen LogP contribution in [-0.2, 0) is 17.6 Å². The van der Waals surface area contributed by atoms with Gasteiger partial charge in [0, 0.05) is 6.42 Å². The molecule has 0 saturated carbocycles. The fraction of sp³-hybridized carbons (Fsp3) is 0.435. The standard InChI is InChI=1S/C23H28O2/c1-3-4-5-6-23(24)25-22-13-11-18(12-14-22)20-10-9-19-15-17(2)7-8-21(19)16-20/h9-14,16-17H,3-8,15H2,1-2H3. The van der Waals surface area contributed by atoms with Crippen LogP contribution in [0.1, 0.15) is 57.1 Å². The third-order valence-corrected chi connectivity index (χ3v) is 5.08. The molecule has 0 aromatic heterocycles. The van der Waals surface area contributed by atoms with E-state index in [1.54, 1.807) is 0 Å². The molecule has 1 aliphatic carbocycles. The Bertz CT molecular complexity index is 715. The first-order chi connectivity index (χ1) is 12.2. The maximum Gasteiger partial charge on any atom is 0.311 e. The minimum Gasteiger partial charge on any atom is -0.427 e. The lowest BCUT2D eigenvalue weighted by molar-refractivity contribution is -0.134.